The molecule has 1 aromatic carbocycles. The second-order valence-electron chi connectivity index (χ2n) is 5.53. The topological polar surface area (TPSA) is 77.8 Å². The number of esters is 1. The quantitative estimate of drug-likeness (QED) is 0.857. The maximum absolute atomic E-state index is 12.7. The Labute approximate surface area is 134 Å². The van der Waals surface area contributed by atoms with Gasteiger partial charge in [0.15, 0.2) is 0 Å². The Morgan fingerprint density at radius 1 is 1.30 bits per heavy atom. The zero-order chi connectivity index (χ0) is 17.2. The van der Waals surface area contributed by atoms with Crippen molar-refractivity contribution in [3.8, 4) is 5.75 Å². The van der Waals surface area contributed by atoms with Crippen molar-refractivity contribution in [2.24, 2.45) is 0 Å². The molecule has 0 aliphatic rings. The van der Waals surface area contributed by atoms with Crippen LogP contribution in [0.1, 0.15) is 36.4 Å². The van der Waals surface area contributed by atoms with Gasteiger partial charge in [0.05, 0.1) is 19.8 Å². The summed E-state index contributed by atoms with van der Waals surface area (Å²) in [5.74, 6) is 0.230. The van der Waals surface area contributed by atoms with Crippen molar-refractivity contribution in [1.29, 1.82) is 0 Å². The van der Waals surface area contributed by atoms with E-state index in [-0.39, 0.29) is 5.91 Å². The molecule has 0 saturated carbocycles. The van der Waals surface area contributed by atoms with Gasteiger partial charge in [-0.05, 0) is 38.5 Å². The number of ether oxygens (including phenoxy) is 2. The van der Waals surface area contributed by atoms with Gasteiger partial charge in [0.1, 0.15) is 22.6 Å². The first-order valence-corrected chi connectivity index (χ1v) is 7.34. The Bertz CT molecular complexity index is 749. The molecule has 0 bridgehead atoms. The molecule has 0 saturated heterocycles. The van der Waals surface area contributed by atoms with Crippen molar-refractivity contribution in [3.63, 3.8) is 0 Å². The lowest BCUT2D eigenvalue weighted by Crippen LogP contribution is -2.52. The molecule has 1 N–H and O–H groups in total. The van der Waals surface area contributed by atoms with E-state index in [1.165, 1.54) is 7.11 Å². The van der Waals surface area contributed by atoms with Crippen LogP contribution in [0, 0.1) is 6.92 Å². The Kier molecular flexibility index (Phi) is 4.63. The van der Waals surface area contributed by atoms with Crippen LogP contribution >= 0.6 is 0 Å². The van der Waals surface area contributed by atoms with E-state index in [2.05, 4.69) is 5.32 Å². The first-order valence-electron chi connectivity index (χ1n) is 7.34. The maximum atomic E-state index is 12.7. The minimum Gasteiger partial charge on any atom is -0.497 e. The minimum atomic E-state index is -1.10. The number of benzene rings is 1. The number of aryl methyl sites for hydroxylation is 1. The van der Waals surface area contributed by atoms with Gasteiger partial charge >= 0.3 is 5.97 Å². The number of carbonyl (C=O) groups is 2. The maximum Gasteiger partial charge on any atom is 0.331 e. The molecular formula is C17H21NO5. The number of fused-ring (bicyclic) bond motifs is 1. The monoisotopic (exact) mass is 319 g/mol. The molecule has 1 heterocycles. The Balaban J connectivity index is 2.45. The lowest BCUT2D eigenvalue weighted by atomic mass is 9.98. The van der Waals surface area contributed by atoms with Crippen LogP contribution in [0.5, 0.6) is 5.75 Å². The molecule has 23 heavy (non-hydrogen) atoms. The first kappa shape index (κ1) is 16.9. The fourth-order valence-corrected chi connectivity index (χ4v) is 2.43. The van der Waals surface area contributed by atoms with E-state index in [0.717, 1.165) is 0 Å². The molecule has 0 fully saturated rings. The van der Waals surface area contributed by atoms with Crippen molar-refractivity contribution in [3.05, 3.63) is 29.5 Å². The van der Waals surface area contributed by atoms with Crippen molar-refractivity contribution >= 4 is 22.8 Å². The average Bonchev–Trinajstić information content (AvgIpc) is 2.88. The molecule has 0 aliphatic carbocycles. The summed E-state index contributed by atoms with van der Waals surface area (Å²) in [7, 11) is 2.85. The zero-order valence-electron chi connectivity index (χ0n) is 14.0. The van der Waals surface area contributed by atoms with Crippen molar-refractivity contribution in [2.45, 2.75) is 32.7 Å². The van der Waals surface area contributed by atoms with E-state index in [4.69, 9.17) is 13.9 Å². The van der Waals surface area contributed by atoms with Gasteiger partial charge in [-0.25, -0.2) is 4.79 Å². The van der Waals surface area contributed by atoms with Gasteiger partial charge in [-0.3, -0.25) is 4.79 Å². The van der Waals surface area contributed by atoms with E-state index in [9.17, 15) is 9.59 Å². The predicted octanol–water partition coefficient (Wildman–Crippen LogP) is 2.82. The number of rotatable bonds is 5. The minimum absolute atomic E-state index is 0.385. The van der Waals surface area contributed by atoms with Gasteiger partial charge in [0.25, 0.3) is 5.91 Å². The van der Waals surface area contributed by atoms with Crippen LogP contribution in [-0.4, -0.2) is 31.6 Å². The van der Waals surface area contributed by atoms with E-state index in [0.29, 0.717) is 34.5 Å². The van der Waals surface area contributed by atoms with Gasteiger partial charge in [0, 0.05) is 5.39 Å². The van der Waals surface area contributed by atoms with E-state index < -0.39 is 11.5 Å². The molecular weight excluding hydrogens is 298 g/mol. The van der Waals surface area contributed by atoms with Gasteiger partial charge < -0.3 is 19.2 Å². The average molecular weight is 319 g/mol. The van der Waals surface area contributed by atoms with Crippen LogP contribution in [0.2, 0.25) is 0 Å². The highest BCUT2D eigenvalue weighted by Gasteiger charge is 2.35. The molecule has 1 aromatic heterocycles. The molecule has 2 rings (SSSR count). The van der Waals surface area contributed by atoms with Gasteiger partial charge in [-0.1, -0.05) is 6.92 Å². The molecule has 0 spiro atoms. The molecule has 1 amide bonds. The third-order valence-electron chi connectivity index (χ3n) is 4.03. The lowest BCUT2D eigenvalue weighted by molar-refractivity contribution is -0.147. The summed E-state index contributed by atoms with van der Waals surface area (Å²) in [6.07, 6.45) is 0.406. The number of hydrogen-bond acceptors (Lipinski definition) is 5. The largest absolute Gasteiger partial charge is 0.497 e. The third kappa shape index (κ3) is 3.02. The summed E-state index contributed by atoms with van der Waals surface area (Å²) >= 11 is 0. The van der Waals surface area contributed by atoms with E-state index in [1.807, 2.05) is 0 Å². The van der Waals surface area contributed by atoms with E-state index in [1.54, 1.807) is 46.1 Å². The summed E-state index contributed by atoms with van der Waals surface area (Å²) in [6.45, 7) is 5.15. The van der Waals surface area contributed by atoms with Crippen LogP contribution < -0.4 is 10.1 Å². The fourth-order valence-electron chi connectivity index (χ4n) is 2.43. The van der Waals surface area contributed by atoms with Gasteiger partial charge in [0.2, 0.25) is 0 Å². The van der Waals surface area contributed by atoms with E-state index >= 15 is 0 Å². The van der Waals surface area contributed by atoms with Crippen molar-refractivity contribution in [1.82, 2.24) is 5.32 Å². The molecule has 0 radical (unpaired) electrons. The predicted molar refractivity (Wildman–Crippen MR) is 85.7 cm³/mol. The Morgan fingerprint density at radius 3 is 2.57 bits per heavy atom. The third-order valence-corrected chi connectivity index (χ3v) is 4.03. The van der Waals surface area contributed by atoms with Crippen LogP contribution in [0.25, 0.3) is 11.0 Å². The molecule has 0 unspecified atom stereocenters. The number of amides is 1. The highest BCUT2D eigenvalue weighted by atomic mass is 16.5. The lowest BCUT2D eigenvalue weighted by Gasteiger charge is -2.26. The Hall–Kier alpha value is -2.50. The summed E-state index contributed by atoms with van der Waals surface area (Å²) in [5, 5.41) is 3.39. The molecule has 1 atom stereocenters. The molecule has 0 aliphatic heterocycles. The second-order valence-corrected chi connectivity index (χ2v) is 5.53. The highest BCUT2D eigenvalue weighted by Crippen LogP contribution is 2.29. The molecule has 2 aromatic rings. The van der Waals surface area contributed by atoms with Crippen molar-refractivity contribution in [2.75, 3.05) is 14.2 Å². The fraction of sp³-hybridized carbons (Fsp3) is 0.412. The number of hydrogen-bond donors (Lipinski definition) is 1. The summed E-state index contributed by atoms with van der Waals surface area (Å²) in [5.41, 5.74) is -0.118. The van der Waals surface area contributed by atoms with Gasteiger partial charge in [-0.15, -0.1) is 0 Å². The summed E-state index contributed by atoms with van der Waals surface area (Å²) in [6, 6.07) is 5.25. The first-order chi connectivity index (χ1) is 10.9. The van der Waals surface area contributed by atoms with Crippen LogP contribution in [-0.2, 0) is 9.53 Å². The SMILES string of the molecule is CC[C@@](C)(NC(=O)c1c(C)oc2ccc(OC)cc12)C(=O)OC. The molecule has 124 valence electrons. The van der Waals surface area contributed by atoms with Crippen LogP contribution in [0.15, 0.2) is 22.6 Å². The Morgan fingerprint density at radius 2 is 2.00 bits per heavy atom. The smallest absolute Gasteiger partial charge is 0.331 e. The molecule has 6 nitrogen and oxygen atoms in total. The highest BCUT2D eigenvalue weighted by molar-refractivity contribution is 6.08. The molecule has 6 heteroatoms. The van der Waals surface area contributed by atoms with Gasteiger partial charge in [-0.2, -0.15) is 0 Å². The second kappa shape index (κ2) is 6.32. The van der Waals surface area contributed by atoms with Crippen LogP contribution in [0.3, 0.4) is 0 Å². The number of carbonyl (C=O) groups excluding carboxylic acids is 2. The van der Waals surface area contributed by atoms with Crippen LogP contribution in [0.4, 0.5) is 0 Å². The number of nitrogens with one attached hydrogen (secondary N) is 1. The standard InChI is InChI=1S/C17H21NO5/c1-6-17(3,16(20)22-5)18-15(19)14-10(2)23-13-8-7-11(21-4)9-12(13)14/h7-9H,6H2,1-5H3,(H,18,19)/t17-/m1/s1. The normalized spacial score (nSPS) is 13.4. The number of furan rings is 1. The summed E-state index contributed by atoms with van der Waals surface area (Å²) < 4.78 is 15.6. The summed E-state index contributed by atoms with van der Waals surface area (Å²) in [4.78, 5) is 24.7. The number of methoxy groups -OCH3 is 2. The zero-order valence-corrected chi connectivity index (χ0v) is 14.0. The van der Waals surface area contributed by atoms with Crippen molar-refractivity contribution < 1.29 is 23.5 Å².